The van der Waals surface area contributed by atoms with Crippen LogP contribution in [0.2, 0.25) is 0 Å². The molecule has 18 heavy (non-hydrogen) atoms. The molecule has 1 saturated carbocycles. The van der Waals surface area contributed by atoms with Crippen LogP contribution >= 0.6 is 15.9 Å². The maximum atomic E-state index is 4.69. The summed E-state index contributed by atoms with van der Waals surface area (Å²) in [7, 11) is 3.82. The van der Waals surface area contributed by atoms with E-state index in [2.05, 4.69) is 36.2 Å². The minimum atomic E-state index is 0.571. The van der Waals surface area contributed by atoms with E-state index >= 15 is 0 Å². The first-order valence-electron chi connectivity index (χ1n) is 5.92. The molecule has 0 aliphatic heterocycles. The van der Waals surface area contributed by atoms with Crippen LogP contribution in [0.3, 0.4) is 0 Å². The van der Waals surface area contributed by atoms with Crippen molar-refractivity contribution in [3.63, 3.8) is 0 Å². The highest BCUT2D eigenvalue weighted by atomic mass is 79.9. The van der Waals surface area contributed by atoms with Gasteiger partial charge in [-0.25, -0.2) is 15.0 Å². The third-order valence-electron chi connectivity index (χ3n) is 3.12. The van der Waals surface area contributed by atoms with Gasteiger partial charge in [-0.15, -0.1) is 0 Å². The SMILES string of the molecule is CNc1nc(-c2cncn2C)nc(C2CC2)c1Br. The van der Waals surface area contributed by atoms with E-state index in [4.69, 9.17) is 0 Å². The Kier molecular flexibility index (Phi) is 2.81. The quantitative estimate of drug-likeness (QED) is 0.947. The number of halogens is 1. The Morgan fingerprint density at radius 1 is 1.39 bits per heavy atom. The van der Waals surface area contributed by atoms with E-state index in [1.807, 2.05) is 18.7 Å². The lowest BCUT2D eigenvalue weighted by Gasteiger charge is -2.10. The topological polar surface area (TPSA) is 55.6 Å². The first-order chi connectivity index (χ1) is 8.70. The largest absolute Gasteiger partial charge is 0.372 e. The number of hydrogen-bond acceptors (Lipinski definition) is 4. The summed E-state index contributed by atoms with van der Waals surface area (Å²) in [5, 5.41) is 3.11. The zero-order valence-electron chi connectivity index (χ0n) is 10.3. The second-order valence-corrected chi connectivity index (χ2v) is 5.30. The van der Waals surface area contributed by atoms with E-state index in [1.54, 1.807) is 12.5 Å². The fourth-order valence-corrected chi connectivity index (χ4v) is 2.64. The molecule has 2 aromatic rings. The van der Waals surface area contributed by atoms with Gasteiger partial charge in [-0.2, -0.15) is 0 Å². The van der Waals surface area contributed by atoms with E-state index in [-0.39, 0.29) is 0 Å². The van der Waals surface area contributed by atoms with Crippen LogP contribution in [0, 0.1) is 0 Å². The summed E-state index contributed by atoms with van der Waals surface area (Å²) in [5.41, 5.74) is 2.03. The van der Waals surface area contributed by atoms with Crippen LogP contribution in [0.1, 0.15) is 24.5 Å². The van der Waals surface area contributed by atoms with Crippen LogP contribution in [-0.4, -0.2) is 26.6 Å². The van der Waals surface area contributed by atoms with Crippen molar-refractivity contribution in [1.82, 2.24) is 19.5 Å². The van der Waals surface area contributed by atoms with Crippen LogP contribution in [-0.2, 0) is 7.05 Å². The monoisotopic (exact) mass is 307 g/mol. The normalized spacial score (nSPS) is 14.8. The summed E-state index contributed by atoms with van der Waals surface area (Å²) in [6.45, 7) is 0. The summed E-state index contributed by atoms with van der Waals surface area (Å²) >= 11 is 3.59. The lowest BCUT2D eigenvalue weighted by atomic mass is 10.2. The molecule has 0 radical (unpaired) electrons. The van der Waals surface area contributed by atoms with Crippen molar-refractivity contribution in [1.29, 1.82) is 0 Å². The Balaban J connectivity index is 2.15. The summed E-state index contributed by atoms with van der Waals surface area (Å²) in [4.78, 5) is 13.3. The fraction of sp³-hybridized carbons (Fsp3) is 0.417. The fourth-order valence-electron chi connectivity index (χ4n) is 1.94. The van der Waals surface area contributed by atoms with Gasteiger partial charge in [0.1, 0.15) is 11.5 Å². The number of rotatable bonds is 3. The molecule has 0 saturated heterocycles. The number of aryl methyl sites for hydroxylation is 1. The molecule has 6 heteroatoms. The Morgan fingerprint density at radius 2 is 2.17 bits per heavy atom. The number of anilines is 1. The van der Waals surface area contributed by atoms with Gasteiger partial charge >= 0.3 is 0 Å². The summed E-state index contributed by atoms with van der Waals surface area (Å²) in [5.74, 6) is 2.13. The highest BCUT2D eigenvalue weighted by Gasteiger charge is 2.29. The predicted octanol–water partition coefficient (Wildman–Crippen LogP) is 2.56. The van der Waals surface area contributed by atoms with E-state index in [1.165, 1.54) is 12.8 Å². The second kappa shape index (κ2) is 4.35. The van der Waals surface area contributed by atoms with Crippen molar-refractivity contribution in [2.45, 2.75) is 18.8 Å². The third-order valence-corrected chi connectivity index (χ3v) is 3.91. The molecule has 1 aliphatic rings. The summed E-state index contributed by atoms with van der Waals surface area (Å²) in [6.07, 6.45) is 5.98. The maximum Gasteiger partial charge on any atom is 0.180 e. The van der Waals surface area contributed by atoms with Crippen molar-refractivity contribution in [2.24, 2.45) is 7.05 Å². The number of hydrogen-bond donors (Lipinski definition) is 1. The minimum Gasteiger partial charge on any atom is -0.372 e. The maximum absolute atomic E-state index is 4.69. The first-order valence-corrected chi connectivity index (χ1v) is 6.72. The molecule has 1 aliphatic carbocycles. The van der Waals surface area contributed by atoms with Crippen molar-refractivity contribution in [3.8, 4) is 11.5 Å². The van der Waals surface area contributed by atoms with Gasteiger partial charge in [0.25, 0.3) is 0 Å². The molecule has 0 spiro atoms. The summed E-state index contributed by atoms with van der Waals surface area (Å²) in [6, 6.07) is 0. The Labute approximate surface area is 114 Å². The Morgan fingerprint density at radius 3 is 2.72 bits per heavy atom. The predicted molar refractivity (Wildman–Crippen MR) is 73.5 cm³/mol. The number of nitrogens with one attached hydrogen (secondary N) is 1. The molecule has 0 aromatic carbocycles. The smallest absolute Gasteiger partial charge is 0.180 e. The van der Waals surface area contributed by atoms with Crippen LogP contribution in [0.4, 0.5) is 5.82 Å². The molecule has 94 valence electrons. The second-order valence-electron chi connectivity index (χ2n) is 4.51. The van der Waals surface area contributed by atoms with E-state index in [9.17, 15) is 0 Å². The Bertz CT molecular complexity index is 588. The minimum absolute atomic E-state index is 0.571. The molecule has 2 heterocycles. The zero-order chi connectivity index (χ0) is 12.7. The average Bonchev–Trinajstić information content (AvgIpc) is 3.12. The first kappa shape index (κ1) is 11.6. The van der Waals surface area contributed by atoms with Crippen molar-refractivity contribution in [2.75, 3.05) is 12.4 Å². The molecule has 2 aromatic heterocycles. The van der Waals surface area contributed by atoms with Crippen LogP contribution in [0.25, 0.3) is 11.5 Å². The van der Waals surface area contributed by atoms with Gasteiger partial charge in [0.15, 0.2) is 5.82 Å². The highest BCUT2D eigenvalue weighted by molar-refractivity contribution is 9.10. The van der Waals surface area contributed by atoms with Crippen molar-refractivity contribution in [3.05, 3.63) is 22.7 Å². The number of nitrogens with zero attached hydrogens (tertiary/aromatic N) is 4. The van der Waals surface area contributed by atoms with Gasteiger partial charge in [0.2, 0.25) is 0 Å². The Hall–Kier alpha value is -1.43. The van der Waals surface area contributed by atoms with Gasteiger partial charge in [-0.05, 0) is 28.8 Å². The molecule has 1 fully saturated rings. The molecule has 0 amide bonds. The molecule has 0 unspecified atom stereocenters. The lowest BCUT2D eigenvalue weighted by molar-refractivity contribution is 0.896. The number of aromatic nitrogens is 4. The van der Waals surface area contributed by atoms with E-state index in [0.717, 1.165) is 27.5 Å². The molecule has 0 bridgehead atoms. The third kappa shape index (κ3) is 1.90. The van der Waals surface area contributed by atoms with Gasteiger partial charge in [0, 0.05) is 20.0 Å². The molecular weight excluding hydrogens is 294 g/mol. The van der Waals surface area contributed by atoms with Crippen LogP contribution in [0.5, 0.6) is 0 Å². The van der Waals surface area contributed by atoms with Gasteiger partial charge in [0.05, 0.1) is 22.7 Å². The summed E-state index contributed by atoms with van der Waals surface area (Å²) < 4.78 is 2.91. The van der Waals surface area contributed by atoms with E-state index < -0.39 is 0 Å². The lowest BCUT2D eigenvalue weighted by Crippen LogP contribution is -2.04. The van der Waals surface area contributed by atoms with Crippen molar-refractivity contribution < 1.29 is 0 Å². The zero-order valence-corrected chi connectivity index (χ0v) is 11.9. The van der Waals surface area contributed by atoms with E-state index in [0.29, 0.717) is 5.92 Å². The average molecular weight is 308 g/mol. The molecule has 0 atom stereocenters. The van der Waals surface area contributed by atoms with Crippen molar-refractivity contribution >= 4 is 21.7 Å². The molecule has 3 rings (SSSR count). The van der Waals surface area contributed by atoms with Crippen LogP contribution < -0.4 is 5.32 Å². The standard InChI is InChI=1S/C12H14BrN5/c1-14-12-9(13)10(7-3-4-7)16-11(17-12)8-5-15-6-18(8)2/h5-7H,3-4H2,1-2H3,(H,14,16,17). The highest BCUT2D eigenvalue weighted by Crippen LogP contribution is 2.44. The van der Waals surface area contributed by atoms with Gasteiger partial charge in [-0.3, -0.25) is 0 Å². The molecule has 5 nitrogen and oxygen atoms in total. The molecule has 1 N–H and O–H groups in total. The van der Waals surface area contributed by atoms with Gasteiger partial charge in [-0.1, -0.05) is 0 Å². The van der Waals surface area contributed by atoms with Gasteiger partial charge < -0.3 is 9.88 Å². The number of imidazole rings is 1. The molecular formula is C12H14BrN5. The van der Waals surface area contributed by atoms with Crippen LogP contribution in [0.15, 0.2) is 17.0 Å².